The lowest BCUT2D eigenvalue weighted by Gasteiger charge is -2.34. The predicted molar refractivity (Wildman–Crippen MR) is 94.5 cm³/mol. The molecule has 1 aromatic carbocycles. The molecule has 1 amide bonds. The molecule has 0 radical (unpaired) electrons. The second kappa shape index (κ2) is 8.02. The van der Waals surface area contributed by atoms with E-state index in [4.69, 9.17) is 4.74 Å². The third kappa shape index (κ3) is 5.40. The van der Waals surface area contributed by atoms with Crippen LogP contribution in [0.15, 0.2) is 24.3 Å². The van der Waals surface area contributed by atoms with E-state index >= 15 is 0 Å². The maximum atomic E-state index is 12.2. The van der Waals surface area contributed by atoms with E-state index in [1.54, 1.807) is 0 Å². The summed E-state index contributed by atoms with van der Waals surface area (Å²) < 4.78 is 5.70. The molecule has 4 nitrogen and oxygen atoms in total. The Morgan fingerprint density at radius 3 is 2.52 bits per heavy atom. The summed E-state index contributed by atoms with van der Waals surface area (Å²) in [7, 11) is 0. The summed E-state index contributed by atoms with van der Waals surface area (Å²) in [5.74, 6) is 1.61. The van der Waals surface area contributed by atoms with Crippen molar-refractivity contribution in [2.75, 3.05) is 26.2 Å². The highest BCUT2D eigenvalue weighted by Gasteiger charge is 2.27. The largest absolute Gasteiger partial charge is 0.493 e. The number of nitrogens with one attached hydrogen (secondary N) is 2. The summed E-state index contributed by atoms with van der Waals surface area (Å²) in [5, 5.41) is 6.44. The van der Waals surface area contributed by atoms with Gasteiger partial charge < -0.3 is 15.4 Å². The number of carbonyl (C=O) groups is 1. The number of piperidine rings is 1. The third-order valence-electron chi connectivity index (χ3n) is 4.79. The van der Waals surface area contributed by atoms with Gasteiger partial charge in [-0.1, -0.05) is 6.92 Å². The molecule has 0 unspecified atom stereocenters. The van der Waals surface area contributed by atoms with Gasteiger partial charge in [0.15, 0.2) is 0 Å². The van der Waals surface area contributed by atoms with Gasteiger partial charge in [-0.15, -0.1) is 12.4 Å². The van der Waals surface area contributed by atoms with Gasteiger partial charge >= 0.3 is 0 Å². The first-order chi connectivity index (χ1) is 10.6. The van der Waals surface area contributed by atoms with Crippen molar-refractivity contribution >= 4 is 18.3 Å². The molecule has 1 saturated heterocycles. The molecule has 23 heavy (non-hydrogen) atoms. The zero-order chi connectivity index (χ0) is 15.4. The van der Waals surface area contributed by atoms with Crippen molar-refractivity contribution in [3.63, 3.8) is 0 Å². The zero-order valence-electron chi connectivity index (χ0n) is 13.8. The molecule has 5 heteroatoms. The molecule has 0 bridgehead atoms. The van der Waals surface area contributed by atoms with Crippen LogP contribution in [0.5, 0.6) is 5.75 Å². The lowest BCUT2D eigenvalue weighted by Crippen LogP contribution is -2.42. The number of halogens is 1. The minimum atomic E-state index is 0. The molecule has 2 N–H and O–H groups in total. The summed E-state index contributed by atoms with van der Waals surface area (Å²) >= 11 is 0. The van der Waals surface area contributed by atoms with E-state index in [0.29, 0.717) is 5.56 Å². The topological polar surface area (TPSA) is 50.4 Å². The van der Waals surface area contributed by atoms with Crippen LogP contribution in [0.3, 0.4) is 0 Å². The highest BCUT2D eigenvalue weighted by Crippen LogP contribution is 2.29. The Hall–Kier alpha value is -1.26. The first kappa shape index (κ1) is 18.1. The number of hydrogen-bond acceptors (Lipinski definition) is 3. The summed E-state index contributed by atoms with van der Waals surface area (Å²) in [6.07, 6.45) is 4.80. The van der Waals surface area contributed by atoms with E-state index in [1.165, 1.54) is 12.8 Å². The quantitative estimate of drug-likeness (QED) is 0.838. The van der Waals surface area contributed by atoms with Crippen LogP contribution >= 0.6 is 12.4 Å². The maximum absolute atomic E-state index is 12.2. The fourth-order valence-electron chi connectivity index (χ4n) is 2.80. The smallest absolute Gasteiger partial charge is 0.251 e. The third-order valence-corrected chi connectivity index (χ3v) is 4.79. The van der Waals surface area contributed by atoms with E-state index in [1.807, 2.05) is 24.3 Å². The van der Waals surface area contributed by atoms with E-state index in [9.17, 15) is 4.79 Å². The minimum Gasteiger partial charge on any atom is -0.493 e. The lowest BCUT2D eigenvalue weighted by molar-refractivity contribution is 0.0922. The molecule has 1 aliphatic heterocycles. The van der Waals surface area contributed by atoms with Crippen LogP contribution in [0.1, 0.15) is 43.0 Å². The molecule has 0 aromatic heterocycles. The van der Waals surface area contributed by atoms with Crippen LogP contribution < -0.4 is 15.4 Å². The molecule has 0 atom stereocenters. The average Bonchev–Trinajstić information content (AvgIpc) is 3.36. The Labute approximate surface area is 144 Å². The summed E-state index contributed by atoms with van der Waals surface area (Å²) in [6, 6.07) is 7.48. The number of amides is 1. The van der Waals surface area contributed by atoms with Gasteiger partial charge in [0, 0.05) is 12.1 Å². The second-order valence-corrected chi connectivity index (χ2v) is 7.02. The van der Waals surface area contributed by atoms with Crippen molar-refractivity contribution in [1.82, 2.24) is 10.6 Å². The molecule has 2 aliphatic rings. The van der Waals surface area contributed by atoms with Gasteiger partial charge in [-0.25, -0.2) is 0 Å². The summed E-state index contributed by atoms with van der Waals surface area (Å²) in [5.41, 5.74) is 0.921. The highest BCUT2D eigenvalue weighted by atomic mass is 35.5. The monoisotopic (exact) mass is 338 g/mol. The first-order valence-electron chi connectivity index (χ1n) is 8.36. The SMILES string of the molecule is CC1(CNC(=O)c2ccc(OCC3CC3)cc2)CCNCC1.Cl. The minimum absolute atomic E-state index is 0. The zero-order valence-corrected chi connectivity index (χ0v) is 14.6. The molecule has 2 fully saturated rings. The highest BCUT2D eigenvalue weighted by molar-refractivity contribution is 5.94. The number of benzene rings is 1. The normalized spacial score (nSPS) is 19.5. The standard InChI is InChI=1S/C18H26N2O2.ClH/c1-18(8-10-19-11-9-18)13-20-17(21)15-4-6-16(7-5-15)22-12-14-2-3-14;/h4-7,14,19H,2-3,8-13H2,1H3,(H,20,21);1H. The van der Waals surface area contributed by atoms with Crippen LogP contribution in [-0.2, 0) is 0 Å². The Morgan fingerprint density at radius 2 is 1.91 bits per heavy atom. The van der Waals surface area contributed by atoms with Crippen LogP contribution in [0.2, 0.25) is 0 Å². The molecule has 0 spiro atoms. The van der Waals surface area contributed by atoms with Crippen molar-refractivity contribution in [2.45, 2.75) is 32.6 Å². The Morgan fingerprint density at radius 1 is 1.26 bits per heavy atom. The fraction of sp³-hybridized carbons (Fsp3) is 0.611. The lowest BCUT2D eigenvalue weighted by atomic mass is 9.81. The van der Waals surface area contributed by atoms with Crippen molar-refractivity contribution in [3.8, 4) is 5.75 Å². The van der Waals surface area contributed by atoms with Gasteiger partial charge in [0.1, 0.15) is 5.75 Å². The Balaban J connectivity index is 0.00000192. The molecule has 3 rings (SSSR count). The van der Waals surface area contributed by atoms with Crippen LogP contribution in [-0.4, -0.2) is 32.1 Å². The van der Waals surface area contributed by atoms with Crippen LogP contribution in [0.25, 0.3) is 0 Å². The Kier molecular flexibility index (Phi) is 6.31. The summed E-state index contributed by atoms with van der Waals surface area (Å²) in [4.78, 5) is 12.2. The Bertz CT molecular complexity index is 508. The number of rotatable bonds is 6. The average molecular weight is 339 g/mol. The van der Waals surface area contributed by atoms with E-state index in [2.05, 4.69) is 17.6 Å². The predicted octanol–water partition coefficient (Wildman–Crippen LogP) is 3.02. The van der Waals surface area contributed by atoms with Crippen LogP contribution in [0.4, 0.5) is 0 Å². The van der Waals surface area contributed by atoms with Crippen molar-refractivity contribution in [3.05, 3.63) is 29.8 Å². The van der Waals surface area contributed by atoms with Gasteiger partial charge in [0.25, 0.3) is 5.91 Å². The van der Waals surface area contributed by atoms with Gasteiger partial charge in [-0.2, -0.15) is 0 Å². The van der Waals surface area contributed by atoms with E-state index < -0.39 is 0 Å². The van der Waals surface area contributed by atoms with Gasteiger partial charge in [0.2, 0.25) is 0 Å². The first-order valence-corrected chi connectivity index (χ1v) is 8.36. The molecule has 1 saturated carbocycles. The number of hydrogen-bond donors (Lipinski definition) is 2. The van der Waals surface area contributed by atoms with Crippen molar-refractivity contribution < 1.29 is 9.53 Å². The molecule has 1 heterocycles. The maximum Gasteiger partial charge on any atom is 0.251 e. The number of carbonyl (C=O) groups excluding carboxylic acids is 1. The van der Waals surface area contributed by atoms with Crippen LogP contribution in [0, 0.1) is 11.3 Å². The molecular formula is C18H27ClN2O2. The molecular weight excluding hydrogens is 312 g/mol. The van der Waals surface area contributed by atoms with E-state index in [0.717, 1.165) is 50.8 Å². The van der Waals surface area contributed by atoms with Gasteiger partial charge in [-0.05, 0) is 74.4 Å². The van der Waals surface area contributed by atoms with Gasteiger partial charge in [-0.3, -0.25) is 4.79 Å². The van der Waals surface area contributed by atoms with Crippen molar-refractivity contribution in [1.29, 1.82) is 0 Å². The van der Waals surface area contributed by atoms with Gasteiger partial charge in [0.05, 0.1) is 6.61 Å². The molecule has 1 aliphatic carbocycles. The fourth-order valence-corrected chi connectivity index (χ4v) is 2.80. The van der Waals surface area contributed by atoms with Crippen molar-refractivity contribution in [2.24, 2.45) is 11.3 Å². The number of ether oxygens (including phenoxy) is 1. The second-order valence-electron chi connectivity index (χ2n) is 7.02. The molecule has 128 valence electrons. The van der Waals surface area contributed by atoms with E-state index in [-0.39, 0.29) is 23.7 Å². The molecule has 1 aromatic rings. The summed E-state index contributed by atoms with van der Waals surface area (Å²) in [6.45, 7) is 5.88.